The minimum Gasteiger partial charge on any atom is -0.247 e. The Kier molecular flexibility index (Phi) is 7.54. The van der Waals surface area contributed by atoms with Gasteiger partial charge in [0.25, 0.3) is 0 Å². The molecule has 0 amide bonds. The number of thiophene rings is 1. The first-order chi connectivity index (χ1) is 30.2. The fourth-order valence-corrected chi connectivity index (χ4v) is 11.2. The van der Waals surface area contributed by atoms with Crippen LogP contribution in [-0.4, -0.2) is 4.98 Å². The SMILES string of the molecule is c1cc(-c2cc(-c3cc4ccccc4c4ccccc34)cc(-c3cc4ccccc4c4ccccc34)c2)cc(-c2nc3ccccc3c3c2ccc2c4ccccc4sc23)c1. The van der Waals surface area contributed by atoms with E-state index in [0.29, 0.717) is 0 Å². The average molecular weight is 790 g/mol. The highest BCUT2D eigenvalue weighted by Crippen LogP contribution is 2.45. The van der Waals surface area contributed by atoms with E-state index in [1.807, 2.05) is 11.3 Å². The first kappa shape index (κ1) is 34.2. The molecule has 0 aliphatic rings. The molecule has 0 saturated heterocycles. The number of fused-ring (bicyclic) bond motifs is 13. The maximum Gasteiger partial charge on any atom is 0.0788 e. The Bertz CT molecular complexity index is 3810. The van der Waals surface area contributed by atoms with Crippen LogP contribution in [0, 0.1) is 0 Å². The van der Waals surface area contributed by atoms with Gasteiger partial charge < -0.3 is 0 Å². The van der Waals surface area contributed by atoms with Gasteiger partial charge in [-0.15, -0.1) is 11.3 Å². The molecule has 13 aromatic rings. The van der Waals surface area contributed by atoms with Crippen LogP contribution in [0.3, 0.4) is 0 Å². The van der Waals surface area contributed by atoms with Crippen LogP contribution in [0.25, 0.3) is 130 Å². The van der Waals surface area contributed by atoms with Gasteiger partial charge in [0, 0.05) is 41.9 Å². The summed E-state index contributed by atoms with van der Waals surface area (Å²) in [6, 6.07) is 78.3. The van der Waals surface area contributed by atoms with Gasteiger partial charge in [0.2, 0.25) is 0 Å². The summed E-state index contributed by atoms with van der Waals surface area (Å²) in [6.45, 7) is 0. The molecule has 0 fully saturated rings. The van der Waals surface area contributed by atoms with E-state index in [1.54, 1.807) is 0 Å². The second kappa shape index (κ2) is 13.4. The van der Waals surface area contributed by atoms with Crippen molar-refractivity contribution in [2.24, 2.45) is 0 Å². The molecule has 61 heavy (non-hydrogen) atoms. The highest BCUT2D eigenvalue weighted by atomic mass is 32.1. The Morgan fingerprint density at radius 2 is 0.787 bits per heavy atom. The molecule has 11 aromatic carbocycles. The maximum atomic E-state index is 5.43. The van der Waals surface area contributed by atoms with Crippen molar-refractivity contribution in [3.63, 3.8) is 0 Å². The first-order valence-electron chi connectivity index (χ1n) is 20.9. The van der Waals surface area contributed by atoms with Crippen molar-refractivity contribution in [1.29, 1.82) is 0 Å². The molecule has 2 heterocycles. The minimum atomic E-state index is 1.01. The zero-order valence-electron chi connectivity index (χ0n) is 33.1. The molecule has 0 bridgehead atoms. The summed E-state index contributed by atoms with van der Waals surface area (Å²) in [5, 5.41) is 16.3. The molecule has 0 unspecified atom stereocenters. The third kappa shape index (κ3) is 5.36. The fourth-order valence-electron chi connectivity index (χ4n) is 9.97. The number of pyridine rings is 1. The Morgan fingerprint density at radius 3 is 1.46 bits per heavy atom. The number of para-hydroxylation sites is 1. The van der Waals surface area contributed by atoms with Crippen molar-refractivity contribution >= 4 is 96.3 Å². The summed E-state index contributed by atoms with van der Waals surface area (Å²) >= 11 is 1.88. The molecular formula is C59H35NS. The summed E-state index contributed by atoms with van der Waals surface area (Å²) in [6.07, 6.45) is 0. The predicted molar refractivity (Wildman–Crippen MR) is 264 cm³/mol. The van der Waals surface area contributed by atoms with Crippen molar-refractivity contribution in [3.8, 4) is 44.6 Å². The number of aromatic nitrogens is 1. The standard InChI is InChI=1S/C59H35NS/c1-3-18-43-37(14-1)34-53(47-22-7-5-20-45(43)47)41-31-40(32-42(33-41)54-35-38-15-2-4-19-44(38)46-21-6-8-23-48(46)54)36-16-13-17-39(30-36)58-52-29-28-50-49-24-10-12-27-56(49)61-59(50)57(52)51-25-9-11-26-55(51)60-58/h1-35H. The van der Waals surface area contributed by atoms with E-state index in [-0.39, 0.29) is 0 Å². The summed E-state index contributed by atoms with van der Waals surface area (Å²) in [4.78, 5) is 5.43. The minimum absolute atomic E-state index is 1.01. The van der Waals surface area contributed by atoms with Crippen LogP contribution >= 0.6 is 11.3 Å². The van der Waals surface area contributed by atoms with E-state index in [1.165, 1.54) is 107 Å². The molecule has 0 aliphatic carbocycles. The largest absolute Gasteiger partial charge is 0.247 e. The third-order valence-corrected chi connectivity index (χ3v) is 14.0. The number of benzene rings is 11. The fraction of sp³-hybridized carbons (Fsp3) is 0. The van der Waals surface area contributed by atoms with Gasteiger partial charge in [-0.1, -0.05) is 164 Å². The van der Waals surface area contributed by atoms with E-state index in [2.05, 4.69) is 212 Å². The molecular weight excluding hydrogens is 755 g/mol. The third-order valence-electron chi connectivity index (χ3n) is 12.8. The molecule has 282 valence electrons. The molecule has 2 heteroatoms. The summed E-state index contributed by atoms with van der Waals surface area (Å²) in [7, 11) is 0. The Labute approximate surface area is 356 Å². The molecule has 0 spiro atoms. The van der Waals surface area contributed by atoms with Gasteiger partial charge in [0.1, 0.15) is 0 Å². The quantitative estimate of drug-likeness (QED) is 0.162. The lowest BCUT2D eigenvalue weighted by molar-refractivity contribution is 1.43. The van der Waals surface area contributed by atoms with E-state index in [0.717, 1.165) is 22.3 Å². The van der Waals surface area contributed by atoms with E-state index >= 15 is 0 Å². The summed E-state index contributed by atoms with van der Waals surface area (Å²) in [5.74, 6) is 0. The topological polar surface area (TPSA) is 12.9 Å². The molecule has 1 nitrogen and oxygen atoms in total. The lowest BCUT2D eigenvalue weighted by atomic mass is 9.87. The molecule has 0 aliphatic heterocycles. The number of hydrogen-bond donors (Lipinski definition) is 0. The van der Waals surface area contributed by atoms with Crippen LogP contribution in [0.5, 0.6) is 0 Å². The predicted octanol–water partition coefficient (Wildman–Crippen LogP) is 17.0. The van der Waals surface area contributed by atoms with Gasteiger partial charge in [-0.05, 0) is 125 Å². The average Bonchev–Trinajstić information content (AvgIpc) is 3.72. The van der Waals surface area contributed by atoms with Gasteiger partial charge in [0.15, 0.2) is 0 Å². The van der Waals surface area contributed by atoms with Gasteiger partial charge in [-0.25, -0.2) is 4.98 Å². The van der Waals surface area contributed by atoms with Crippen molar-refractivity contribution < 1.29 is 0 Å². The second-order valence-corrected chi connectivity index (χ2v) is 17.3. The van der Waals surface area contributed by atoms with E-state index in [4.69, 9.17) is 4.98 Å². The zero-order chi connectivity index (χ0) is 40.0. The molecule has 0 saturated carbocycles. The zero-order valence-corrected chi connectivity index (χ0v) is 33.9. The van der Waals surface area contributed by atoms with E-state index < -0.39 is 0 Å². The van der Waals surface area contributed by atoms with E-state index in [9.17, 15) is 0 Å². The highest BCUT2D eigenvalue weighted by Gasteiger charge is 2.18. The van der Waals surface area contributed by atoms with Gasteiger partial charge >= 0.3 is 0 Å². The summed E-state index contributed by atoms with van der Waals surface area (Å²) < 4.78 is 2.63. The van der Waals surface area contributed by atoms with Crippen LogP contribution in [0.15, 0.2) is 212 Å². The Morgan fingerprint density at radius 1 is 0.295 bits per heavy atom. The number of hydrogen-bond acceptors (Lipinski definition) is 2. The van der Waals surface area contributed by atoms with Gasteiger partial charge in [-0.3, -0.25) is 0 Å². The Balaban J connectivity index is 1.08. The van der Waals surface area contributed by atoms with Crippen molar-refractivity contribution in [2.45, 2.75) is 0 Å². The maximum absolute atomic E-state index is 5.43. The molecule has 0 radical (unpaired) electrons. The van der Waals surface area contributed by atoms with Crippen LogP contribution in [0.4, 0.5) is 0 Å². The molecule has 2 aromatic heterocycles. The lowest BCUT2D eigenvalue weighted by Gasteiger charge is -2.17. The van der Waals surface area contributed by atoms with Crippen LogP contribution in [-0.2, 0) is 0 Å². The smallest absolute Gasteiger partial charge is 0.0788 e. The number of rotatable bonds is 4. The monoisotopic (exact) mass is 789 g/mol. The normalized spacial score (nSPS) is 11.9. The van der Waals surface area contributed by atoms with Crippen molar-refractivity contribution in [2.75, 3.05) is 0 Å². The summed E-state index contributed by atoms with van der Waals surface area (Å²) in [5.41, 5.74) is 10.3. The highest BCUT2D eigenvalue weighted by molar-refractivity contribution is 7.26. The first-order valence-corrected chi connectivity index (χ1v) is 21.8. The van der Waals surface area contributed by atoms with Crippen molar-refractivity contribution in [1.82, 2.24) is 4.98 Å². The second-order valence-electron chi connectivity index (χ2n) is 16.2. The Hall–Kier alpha value is -7.65. The molecule has 0 atom stereocenters. The number of nitrogens with zero attached hydrogens (tertiary/aromatic N) is 1. The lowest BCUT2D eigenvalue weighted by Crippen LogP contribution is -1.92. The molecule has 13 rings (SSSR count). The van der Waals surface area contributed by atoms with Crippen LogP contribution < -0.4 is 0 Å². The van der Waals surface area contributed by atoms with Gasteiger partial charge in [0.05, 0.1) is 11.2 Å². The van der Waals surface area contributed by atoms with Crippen molar-refractivity contribution in [3.05, 3.63) is 212 Å². The molecule has 0 N–H and O–H groups in total. The van der Waals surface area contributed by atoms with Gasteiger partial charge in [-0.2, -0.15) is 0 Å². The van der Waals surface area contributed by atoms with Crippen LogP contribution in [0.1, 0.15) is 0 Å². The van der Waals surface area contributed by atoms with Crippen LogP contribution in [0.2, 0.25) is 0 Å².